The number of H-pyrrole nitrogens is 1. The fraction of sp³-hybridized carbons (Fsp3) is 0.0833. The normalized spacial score (nSPS) is 10.8. The second-order valence-electron chi connectivity index (χ2n) is 7.46. The topological polar surface area (TPSA) is 88.6 Å². The predicted molar refractivity (Wildman–Crippen MR) is 144 cm³/mol. The Hall–Kier alpha value is -3.82. The van der Waals surface area contributed by atoms with Crippen LogP contribution in [0.5, 0.6) is 0 Å². The number of benzene rings is 3. The molecule has 7 nitrogen and oxygen atoms in total. The number of aromatic amines is 1. The Morgan fingerprint density at radius 2 is 1.39 bits per heavy atom. The van der Waals surface area contributed by atoms with Crippen LogP contribution < -0.4 is 21.5 Å². The summed E-state index contributed by atoms with van der Waals surface area (Å²) in [6, 6.07) is 23.7. The highest BCUT2D eigenvalue weighted by atomic mass is 32.1. The van der Waals surface area contributed by atoms with Crippen molar-refractivity contribution in [2.45, 2.75) is 13.8 Å². The number of aryl methyl sites for hydroxylation is 2. The largest absolute Gasteiger partial charge is 0.336 e. The number of hydrogen-bond donors (Lipinski definition) is 5. The van der Waals surface area contributed by atoms with Crippen LogP contribution in [0.15, 0.2) is 83.0 Å². The van der Waals surface area contributed by atoms with Crippen molar-refractivity contribution in [2.24, 2.45) is 10.2 Å². The Bertz CT molecular complexity index is 1310. The molecule has 4 aromatic rings. The third-order valence-electron chi connectivity index (χ3n) is 4.84. The van der Waals surface area contributed by atoms with Crippen molar-refractivity contribution >= 4 is 68.4 Å². The number of para-hydroxylation sites is 1. The molecule has 1 heterocycles. The number of hydrogen-bond acceptors (Lipinski definition) is 4. The van der Waals surface area contributed by atoms with E-state index in [9.17, 15) is 0 Å². The Balaban J connectivity index is 1.47. The van der Waals surface area contributed by atoms with E-state index in [2.05, 4.69) is 36.7 Å². The van der Waals surface area contributed by atoms with Crippen molar-refractivity contribution in [1.29, 1.82) is 0 Å². The first-order chi connectivity index (χ1) is 16.0. The van der Waals surface area contributed by atoms with E-state index in [1.54, 1.807) is 0 Å². The average molecular weight is 474 g/mol. The highest BCUT2D eigenvalue weighted by Crippen LogP contribution is 2.33. The number of rotatable bonds is 5. The first-order valence-electron chi connectivity index (χ1n) is 10.3. The highest BCUT2D eigenvalue weighted by Gasteiger charge is 2.12. The molecule has 0 aliphatic heterocycles. The zero-order valence-electron chi connectivity index (χ0n) is 18.1. The van der Waals surface area contributed by atoms with Crippen molar-refractivity contribution in [3.8, 4) is 0 Å². The van der Waals surface area contributed by atoms with Gasteiger partial charge in [0.05, 0.1) is 0 Å². The van der Waals surface area contributed by atoms with Crippen LogP contribution in [0.3, 0.4) is 0 Å². The molecule has 0 amide bonds. The molecule has 0 radical (unpaired) electrons. The van der Waals surface area contributed by atoms with Crippen LogP contribution in [0.4, 0.5) is 22.9 Å². The number of fused-ring (bicyclic) bond motifs is 1. The van der Waals surface area contributed by atoms with Gasteiger partial charge in [-0.25, -0.2) is 0 Å². The van der Waals surface area contributed by atoms with Crippen LogP contribution in [0.1, 0.15) is 11.1 Å². The molecule has 0 aliphatic carbocycles. The lowest BCUT2D eigenvalue weighted by molar-refractivity contribution is 1.13. The van der Waals surface area contributed by atoms with Gasteiger partial charge in [-0.05, 0) is 68.6 Å². The van der Waals surface area contributed by atoms with Gasteiger partial charge < -0.3 is 15.6 Å². The summed E-state index contributed by atoms with van der Waals surface area (Å²) in [5.74, 6) is 0.523. The molecule has 0 spiro atoms. The van der Waals surface area contributed by atoms with Gasteiger partial charge in [0, 0.05) is 22.3 Å². The lowest BCUT2D eigenvalue weighted by atomic mass is 10.2. The monoisotopic (exact) mass is 473 g/mol. The molecule has 1 aromatic heterocycles. The number of hydrazine groups is 1. The number of azo groups is 1. The average Bonchev–Trinajstić information content (AvgIpc) is 3.17. The van der Waals surface area contributed by atoms with Crippen LogP contribution in [0.2, 0.25) is 0 Å². The van der Waals surface area contributed by atoms with Gasteiger partial charge in [-0.2, -0.15) is 0 Å². The van der Waals surface area contributed by atoms with Crippen LogP contribution in [0.25, 0.3) is 10.9 Å². The molecule has 0 unspecified atom stereocenters. The van der Waals surface area contributed by atoms with Gasteiger partial charge in [0.25, 0.3) is 0 Å². The van der Waals surface area contributed by atoms with Crippen molar-refractivity contribution in [3.63, 3.8) is 0 Å². The second-order valence-corrected chi connectivity index (χ2v) is 8.26. The molecule has 166 valence electrons. The van der Waals surface area contributed by atoms with E-state index in [0.717, 1.165) is 22.3 Å². The molecule has 0 saturated heterocycles. The maximum atomic E-state index is 5.42. The third-order valence-corrected chi connectivity index (χ3v) is 5.23. The lowest BCUT2D eigenvalue weighted by Gasteiger charge is -2.12. The molecular weight excluding hydrogens is 450 g/mol. The highest BCUT2D eigenvalue weighted by molar-refractivity contribution is 7.80. The van der Waals surface area contributed by atoms with Gasteiger partial charge in [-0.1, -0.05) is 53.6 Å². The first kappa shape index (κ1) is 22.4. The Morgan fingerprint density at radius 1 is 0.788 bits per heavy atom. The Labute approximate surface area is 202 Å². The molecule has 0 fully saturated rings. The Kier molecular flexibility index (Phi) is 6.92. The summed E-state index contributed by atoms with van der Waals surface area (Å²) < 4.78 is 0. The van der Waals surface area contributed by atoms with Crippen molar-refractivity contribution < 1.29 is 0 Å². The van der Waals surface area contributed by atoms with Crippen molar-refractivity contribution in [3.05, 3.63) is 83.9 Å². The third kappa shape index (κ3) is 5.91. The molecule has 0 saturated carbocycles. The summed E-state index contributed by atoms with van der Waals surface area (Å²) in [5, 5.41) is 16.3. The number of anilines is 3. The fourth-order valence-corrected chi connectivity index (χ4v) is 3.46. The van der Waals surface area contributed by atoms with Crippen LogP contribution in [-0.4, -0.2) is 15.2 Å². The quantitative estimate of drug-likeness (QED) is 0.128. The summed E-state index contributed by atoms with van der Waals surface area (Å²) in [6.07, 6.45) is 0. The van der Waals surface area contributed by atoms with E-state index in [1.807, 2.05) is 86.6 Å². The summed E-state index contributed by atoms with van der Waals surface area (Å²) in [4.78, 5) is 3.26. The van der Waals surface area contributed by atoms with E-state index >= 15 is 0 Å². The minimum atomic E-state index is 0.257. The molecule has 3 aromatic carbocycles. The van der Waals surface area contributed by atoms with Gasteiger partial charge >= 0.3 is 0 Å². The smallest absolute Gasteiger partial charge is 0.218 e. The van der Waals surface area contributed by atoms with E-state index in [-0.39, 0.29) is 5.11 Å². The number of nitrogens with one attached hydrogen (secondary N) is 5. The minimum absolute atomic E-state index is 0.257. The van der Waals surface area contributed by atoms with Crippen molar-refractivity contribution in [1.82, 2.24) is 10.4 Å². The zero-order chi connectivity index (χ0) is 23.2. The van der Waals surface area contributed by atoms with Gasteiger partial charge in [0.1, 0.15) is 5.69 Å². The standard InChI is InChI=1S/C24H23N7S2/c1-15-7-11-17(12-8-15)25-23(32)30-28-21-19-5-3-4-6-20(19)27-22(21)29-31-24(33)26-18-13-9-16(2)10-14-18/h3-14,27-28H,1-2H3,(H,26,33)(H2,25,30,32)/b31-29+. The van der Waals surface area contributed by atoms with Crippen molar-refractivity contribution in [2.75, 3.05) is 16.1 Å². The maximum Gasteiger partial charge on any atom is 0.218 e. The van der Waals surface area contributed by atoms with Gasteiger partial charge in [-0.15, -0.1) is 10.2 Å². The van der Waals surface area contributed by atoms with Gasteiger partial charge in [0.2, 0.25) is 5.11 Å². The molecule has 9 heteroatoms. The predicted octanol–water partition coefficient (Wildman–Crippen LogP) is 6.58. The molecule has 33 heavy (non-hydrogen) atoms. The number of thiocarbonyl (C=S) groups is 2. The van der Waals surface area contributed by atoms with Crippen LogP contribution >= 0.6 is 24.4 Å². The summed E-state index contributed by atoms with van der Waals surface area (Å²) >= 11 is 10.7. The van der Waals surface area contributed by atoms with Crippen LogP contribution in [-0.2, 0) is 0 Å². The van der Waals surface area contributed by atoms with E-state index in [0.29, 0.717) is 16.6 Å². The van der Waals surface area contributed by atoms with Crippen LogP contribution in [0, 0.1) is 13.8 Å². The molecule has 4 rings (SSSR count). The van der Waals surface area contributed by atoms with Gasteiger partial charge in [0.15, 0.2) is 10.9 Å². The number of nitrogens with zero attached hydrogens (tertiary/aromatic N) is 2. The SMILES string of the molecule is Cc1ccc(NC(=S)/N=N/c2[nH]c3ccccc3c2NNC(=S)Nc2ccc(C)cc2)cc1. The number of aromatic nitrogens is 1. The summed E-state index contributed by atoms with van der Waals surface area (Å²) in [7, 11) is 0. The molecule has 5 N–H and O–H groups in total. The summed E-state index contributed by atoms with van der Waals surface area (Å²) in [5.41, 5.74) is 11.9. The zero-order valence-corrected chi connectivity index (χ0v) is 19.8. The maximum absolute atomic E-state index is 5.42. The van der Waals surface area contributed by atoms with E-state index in [4.69, 9.17) is 24.4 Å². The van der Waals surface area contributed by atoms with E-state index < -0.39 is 0 Å². The molecule has 0 atom stereocenters. The Morgan fingerprint density at radius 3 is 2.06 bits per heavy atom. The summed E-state index contributed by atoms with van der Waals surface area (Å²) in [6.45, 7) is 4.07. The van der Waals surface area contributed by atoms with E-state index in [1.165, 1.54) is 11.1 Å². The van der Waals surface area contributed by atoms with Gasteiger partial charge in [-0.3, -0.25) is 10.9 Å². The molecule has 0 bridgehead atoms. The lowest BCUT2D eigenvalue weighted by Crippen LogP contribution is -2.33. The molecular formula is C24H23N7S2. The molecule has 0 aliphatic rings. The fourth-order valence-electron chi connectivity index (χ4n) is 3.13. The minimum Gasteiger partial charge on any atom is -0.336 e. The second kappa shape index (κ2) is 10.2. The first-order valence-corrected chi connectivity index (χ1v) is 11.1.